The molecule has 0 spiro atoms. The van der Waals surface area contributed by atoms with Gasteiger partial charge in [0, 0.05) is 6.07 Å². The number of hydrogen-bond donors (Lipinski definition) is 0. The van der Waals surface area contributed by atoms with Crippen LogP contribution in [0.3, 0.4) is 0 Å². The second-order valence-corrected chi connectivity index (χ2v) is 3.30. The maximum absolute atomic E-state index is 5.53. The van der Waals surface area contributed by atoms with Gasteiger partial charge in [0.05, 0.1) is 18.7 Å². The summed E-state index contributed by atoms with van der Waals surface area (Å²) in [6.07, 6.45) is 1.68. The molecule has 0 unspecified atom stereocenters. The molecule has 0 saturated carbocycles. The summed E-state index contributed by atoms with van der Waals surface area (Å²) >= 11 is 1.36. The minimum absolute atomic E-state index is 0.753. The molecule has 1 aromatic heterocycles. The molecule has 1 heterocycles. The highest BCUT2D eigenvalue weighted by atomic mass is 32.1. The van der Waals surface area contributed by atoms with Crippen LogP contribution in [0.5, 0.6) is 17.2 Å². The molecule has 72 valence electrons. The van der Waals surface area contributed by atoms with Crippen LogP contribution in [0.1, 0.15) is 0 Å². The third-order valence-electron chi connectivity index (χ3n) is 1.69. The standard InChI is InChI=1S/C10H9NO2S/c1-12-8-3-2-4-9(5-8)13-10-6-11-14-7-10/h2-7H,1H3. The topological polar surface area (TPSA) is 31.4 Å². The van der Waals surface area contributed by atoms with Crippen molar-refractivity contribution in [3.05, 3.63) is 35.8 Å². The summed E-state index contributed by atoms with van der Waals surface area (Å²) in [6, 6.07) is 7.46. The molecular weight excluding hydrogens is 198 g/mol. The average Bonchev–Trinajstić information content (AvgIpc) is 2.71. The zero-order valence-corrected chi connectivity index (χ0v) is 8.45. The van der Waals surface area contributed by atoms with Gasteiger partial charge >= 0.3 is 0 Å². The average molecular weight is 207 g/mol. The Hall–Kier alpha value is -1.55. The third kappa shape index (κ3) is 2.03. The molecule has 0 bridgehead atoms. The number of methoxy groups -OCH3 is 1. The Balaban J connectivity index is 2.17. The number of rotatable bonds is 3. The van der Waals surface area contributed by atoms with Gasteiger partial charge < -0.3 is 9.47 Å². The van der Waals surface area contributed by atoms with Crippen LogP contribution in [0.15, 0.2) is 35.8 Å². The molecule has 0 saturated heterocycles. The van der Waals surface area contributed by atoms with Crippen molar-refractivity contribution in [2.75, 3.05) is 7.11 Å². The zero-order chi connectivity index (χ0) is 9.80. The number of ether oxygens (including phenoxy) is 2. The first-order valence-electron chi connectivity index (χ1n) is 4.10. The van der Waals surface area contributed by atoms with Crippen LogP contribution < -0.4 is 9.47 Å². The fourth-order valence-electron chi connectivity index (χ4n) is 1.05. The number of nitrogens with zero attached hydrogens (tertiary/aromatic N) is 1. The predicted octanol–water partition coefficient (Wildman–Crippen LogP) is 2.94. The lowest BCUT2D eigenvalue weighted by Crippen LogP contribution is -1.85. The van der Waals surface area contributed by atoms with E-state index < -0.39 is 0 Å². The Bertz CT molecular complexity index is 400. The number of aromatic nitrogens is 1. The fourth-order valence-corrected chi connectivity index (χ4v) is 1.48. The lowest BCUT2D eigenvalue weighted by atomic mass is 10.3. The van der Waals surface area contributed by atoms with E-state index in [1.807, 2.05) is 29.6 Å². The summed E-state index contributed by atoms with van der Waals surface area (Å²) in [5.41, 5.74) is 0. The molecule has 3 nitrogen and oxygen atoms in total. The molecule has 0 N–H and O–H groups in total. The number of benzene rings is 1. The van der Waals surface area contributed by atoms with E-state index in [0.29, 0.717) is 0 Å². The van der Waals surface area contributed by atoms with E-state index in [4.69, 9.17) is 9.47 Å². The third-order valence-corrected chi connectivity index (χ3v) is 2.25. The van der Waals surface area contributed by atoms with E-state index in [2.05, 4.69) is 4.37 Å². The lowest BCUT2D eigenvalue weighted by molar-refractivity contribution is 0.409. The van der Waals surface area contributed by atoms with Crippen LogP contribution in [0.4, 0.5) is 0 Å². The summed E-state index contributed by atoms with van der Waals surface area (Å²) in [5.74, 6) is 2.29. The fraction of sp³-hybridized carbons (Fsp3) is 0.100. The summed E-state index contributed by atoms with van der Waals surface area (Å²) < 4.78 is 14.6. The van der Waals surface area contributed by atoms with Crippen molar-refractivity contribution in [3.8, 4) is 17.2 Å². The van der Waals surface area contributed by atoms with Crippen molar-refractivity contribution in [1.82, 2.24) is 4.37 Å². The van der Waals surface area contributed by atoms with Crippen LogP contribution in [0.25, 0.3) is 0 Å². The number of hydrogen-bond acceptors (Lipinski definition) is 4. The van der Waals surface area contributed by atoms with Crippen LogP contribution in [-0.4, -0.2) is 11.5 Å². The second-order valence-electron chi connectivity index (χ2n) is 2.64. The molecule has 0 amide bonds. The predicted molar refractivity (Wildman–Crippen MR) is 55.2 cm³/mol. The lowest BCUT2D eigenvalue weighted by Gasteiger charge is -2.04. The first-order chi connectivity index (χ1) is 6.88. The Kier molecular flexibility index (Phi) is 2.65. The molecule has 14 heavy (non-hydrogen) atoms. The SMILES string of the molecule is COc1cccc(Oc2cnsc2)c1. The quantitative estimate of drug-likeness (QED) is 0.775. The van der Waals surface area contributed by atoms with Crippen molar-refractivity contribution in [1.29, 1.82) is 0 Å². The molecule has 0 atom stereocenters. The zero-order valence-electron chi connectivity index (χ0n) is 7.64. The minimum Gasteiger partial charge on any atom is -0.497 e. The van der Waals surface area contributed by atoms with E-state index in [1.165, 1.54) is 11.5 Å². The van der Waals surface area contributed by atoms with Gasteiger partial charge in [-0.2, -0.15) is 4.37 Å². The molecular formula is C10H9NO2S. The molecule has 0 radical (unpaired) electrons. The Morgan fingerprint density at radius 1 is 1.21 bits per heavy atom. The summed E-state index contributed by atoms with van der Waals surface area (Å²) in [7, 11) is 1.63. The van der Waals surface area contributed by atoms with Gasteiger partial charge in [0.1, 0.15) is 11.5 Å². The van der Waals surface area contributed by atoms with Gasteiger partial charge in [0.15, 0.2) is 5.75 Å². The van der Waals surface area contributed by atoms with E-state index in [9.17, 15) is 0 Å². The summed E-state index contributed by atoms with van der Waals surface area (Å²) in [6.45, 7) is 0. The smallest absolute Gasteiger partial charge is 0.158 e. The highest BCUT2D eigenvalue weighted by molar-refractivity contribution is 7.03. The largest absolute Gasteiger partial charge is 0.497 e. The van der Waals surface area contributed by atoms with Gasteiger partial charge in [-0.3, -0.25) is 0 Å². The van der Waals surface area contributed by atoms with Crippen molar-refractivity contribution in [2.24, 2.45) is 0 Å². The molecule has 0 fully saturated rings. The monoisotopic (exact) mass is 207 g/mol. The first-order valence-corrected chi connectivity index (χ1v) is 4.93. The van der Waals surface area contributed by atoms with Crippen molar-refractivity contribution < 1.29 is 9.47 Å². The minimum atomic E-state index is 0.753. The van der Waals surface area contributed by atoms with Gasteiger partial charge in [-0.25, -0.2) is 0 Å². The van der Waals surface area contributed by atoms with Gasteiger partial charge in [-0.05, 0) is 23.7 Å². The molecule has 2 aromatic rings. The summed E-state index contributed by atoms with van der Waals surface area (Å²) in [5, 5.41) is 1.85. The molecule has 0 aliphatic heterocycles. The summed E-state index contributed by atoms with van der Waals surface area (Å²) in [4.78, 5) is 0. The van der Waals surface area contributed by atoms with E-state index in [0.717, 1.165) is 17.2 Å². The van der Waals surface area contributed by atoms with E-state index >= 15 is 0 Å². The van der Waals surface area contributed by atoms with Crippen LogP contribution in [0, 0.1) is 0 Å². The maximum Gasteiger partial charge on any atom is 0.158 e. The normalized spacial score (nSPS) is 9.79. The Morgan fingerprint density at radius 3 is 2.79 bits per heavy atom. The van der Waals surface area contributed by atoms with Crippen LogP contribution in [-0.2, 0) is 0 Å². The van der Waals surface area contributed by atoms with Crippen molar-refractivity contribution in [2.45, 2.75) is 0 Å². The van der Waals surface area contributed by atoms with Crippen LogP contribution in [0.2, 0.25) is 0 Å². The Labute approximate surface area is 86.1 Å². The molecule has 2 rings (SSSR count). The van der Waals surface area contributed by atoms with Crippen molar-refractivity contribution >= 4 is 11.5 Å². The van der Waals surface area contributed by atoms with Gasteiger partial charge in [-0.1, -0.05) is 6.07 Å². The van der Waals surface area contributed by atoms with Crippen LogP contribution >= 0.6 is 11.5 Å². The highest BCUT2D eigenvalue weighted by Gasteiger charge is 1.99. The van der Waals surface area contributed by atoms with Gasteiger partial charge in [0.25, 0.3) is 0 Å². The molecule has 0 aliphatic rings. The molecule has 1 aromatic carbocycles. The van der Waals surface area contributed by atoms with Gasteiger partial charge in [-0.15, -0.1) is 0 Å². The van der Waals surface area contributed by atoms with E-state index in [-0.39, 0.29) is 0 Å². The second kappa shape index (κ2) is 4.11. The van der Waals surface area contributed by atoms with Gasteiger partial charge in [0.2, 0.25) is 0 Å². The van der Waals surface area contributed by atoms with Crippen molar-refractivity contribution in [3.63, 3.8) is 0 Å². The molecule has 0 aliphatic carbocycles. The molecule has 4 heteroatoms. The maximum atomic E-state index is 5.53. The highest BCUT2D eigenvalue weighted by Crippen LogP contribution is 2.25. The van der Waals surface area contributed by atoms with E-state index in [1.54, 1.807) is 13.3 Å². The first kappa shape index (κ1) is 9.02. The Morgan fingerprint density at radius 2 is 2.07 bits per heavy atom.